The van der Waals surface area contributed by atoms with E-state index >= 15 is 0 Å². The fraction of sp³-hybridized carbons (Fsp3) is 0.364. The molecule has 0 aromatic heterocycles. The average molecular weight is 225 g/mol. The van der Waals surface area contributed by atoms with Crippen LogP contribution in [0.3, 0.4) is 0 Å². The van der Waals surface area contributed by atoms with Crippen LogP contribution in [-0.4, -0.2) is 19.0 Å². The molecule has 1 heterocycles. The molecule has 1 saturated heterocycles. The molecule has 1 unspecified atom stereocenters. The number of nitrogens with zero attached hydrogens (tertiary/aromatic N) is 1. The van der Waals surface area contributed by atoms with Crippen molar-refractivity contribution in [3.8, 4) is 0 Å². The molecule has 0 spiro atoms. The zero-order valence-electron chi connectivity index (χ0n) is 8.32. The second kappa shape index (κ2) is 4.21. The van der Waals surface area contributed by atoms with Crippen LogP contribution in [0.4, 0.5) is 5.69 Å². The predicted octanol–water partition coefficient (Wildman–Crippen LogP) is 1.65. The molecule has 0 radical (unpaired) electrons. The van der Waals surface area contributed by atoms with Gasteiger partial charge in [0.15, 0.2) is 0 Å². The van der Waals surface area contributed by atoms with Gasteiger partial charge in [-0.25, -0.2) is 0 Å². The molecular weight excluding hydrogens is 212 g/mol. The highest BCUT2D eigenvalue weighted by atomic mass is 35.5. The third kappa shape index (κ3) is 2.13. The van der Waals surface area contributed by atoms with Gasteiger partial charge in [0.2, 0.25) is 5.91 Å². The Hall–Kier alpha value is -1.06. The van der Waals surface area contributed by atoms with Gasteiger partial charge in [-0.05, 0) is 30.7 Å². The lowest BCUT2D eigenvalue weighted by Crippen LogP contribution is -2.25. The zero-order valence-corrected chi connectivity index (χ0v) is 9.07. The van der Waals surface area contributed by atoms with E-state index < -0.39 is 0 Å². The number of benzene rings is 1. The molecule has 1 aliphatic rings. The summed E-state index contributed by atoms with van der Waals surface area (Å²) in [7, 11) is 0. The maximum Gasteiger partial charge on any atom is 0.227 e. The van der Waals surface area contributed by atoms with E-state index in [1.165, 1.54) is 0 Å². The maximum atomic E-state index is 11.7. The van der Waals surface area contributed by atoms with Crippen LogP contribution in [0.5, 0.6) is 0 Å². The number of halogens is 1. The van der Waals surface area contributed by atoms with Crippen molar-refractivity contribution in [1.29, 1.82) is 0 Å². The number of carbonyl (C=O) groups excluding carboxylic acids is 1. The Balaban J connectivity index is 2.21. The summed E-state index contributed by atoms with van der Waals surface area (Å²) < 4.78 is 0. The van der Waals surface area contributed by atoms with E-state index in [2.05, 4.69) is 0 Å². The van der Waals surface area contributed by atoms with Crippen LogP contribution in [0.25, 0.3) is 0 Å². The third-order valence-electron chi connectivity index (χ3n) is 2.66. The molecule has 0 aliphatic carbocycles. The number of anilines is 1. The standard InChI is InChI=1S/C11H13ClN2O/c12-9-2-1-3-10(5-9)14-7-8(6-13)4-11(14)15/h1-3,5,8H,4,6-7,13H2. The first-order valence-corrected chi connectivity index (χ1v) is 5.34. The van der Waals surface area contributed by atoms with Crippen LogP contribution < -0.4 is 10.6 Å². The van der Waals surface area contributed by atoms with Gasteiger partial charge in [0.1, 0.15) is 0 Å². The van der Waals surface area contributed by atoms with Gasteiger partial charge in [-0.15, -0.1) is 0 Å². The number of nitrogens with two attached hydrogens (primary N) is 1. The monoisotopic (exact) mass is 224 g/mol. The Kier molecular flexibility index (Phi) is 2.93. The second-order valence-electron chi connectivity index (χ2n) is 3.79. The number of hydrogen-bond acceptors (Lipinski definition) is 2. The van der Waals surface area contributed by atoms with Gasteiger partial charge in [-0.3, -0.25) is 4.79 Å². The highest BCUT2D eigenvalue weighted by Crippen LogP contribution is 2.26. The minimum atomic E-state index is 0.132. The SMILES string of the molecule is NCC1CC(=O)N(c2cccc(Cl)c2)C1. The van der Waals surface area contributed by atoms with Crippen LogP contribution in [-0.2, 0) is 4.79 Å². The zero-order chi connectivity index (χ0) is 10.8. The summed E-state index contributed by atoms with van der Waals surface area (Å²) in [4.78, 5) is 13.4. The number of amides is 1. The van der Waals surface area contributed by atoms with Crippen LogP contribution in [0.15, 0.2) is 24.3 Å². The van der Waals surface area contributed by atoms with Crippen molar-refractivity contribution in [2.75, 3.05) is 18.0 Å². The van der Waals surface area contributed by atoms with Gasteiger partial charge >= 0.3 is 0 Å². The Morgan fingerprint density at radius 2 is 2.33 bits per heavy atom. The van der Waals surface area contributed by atoms with Crippen molar-refractivity contribution < 1.29 is 4.79 Å². The van der Waals surface area contributed by atoms with Gasteiger partial charge in [-0.2, -0.15) is 0 Å². The van der Waals surface area contributed by atoms with E-state index in [-0.39, 0.29) is 11.8 Å². The first-order chi connectivity index (χ1) is 7.20. The van der Waals surface area contributed by atoms with E-state index in [1.807, 2.05) is 12.1 Å². The second-order valence-corrected chi connectivity index (χ2v) is 4.23. The van der Waals surface area contributed by atoms with Gasteiger partial charge in [0, 0.05) is 23.7 Å². The van der Waals surface area contributed by atoms with Crippen molar-refractivity contribution in [1.82, 2.24) is 0 Å². The molecule has 1 aromatic carbocycles. The summed E-state index contributed by atoms with van der Waals surface area (Å²) in [6.07, 6.45) is 0.545. The van der Waals surface area contributed by atoms with Crippen LogP contribution >= 0.6 is 11.6 Å². The van der Waals surface area contributed by atoms with Crippen molar-refractivity contribution in [2.24, 2.45) is 11.7 Å². The van der Waals surface area contributed by atoms with E-state index in [0.29, 0.717) is 24.5 Å². The fourth-order valence-electron chi connectivity index (χ4n) is 1.83. The van der Waals surface area contributed by atoms with Crippen molar-refractivity contribution in [3.63, 3.8) is 0 Å². The quantitative estimate of drug-likeness (QED) is 0.831. The molecule has 4 heteroatoms. The normalized spacial score (nSPS) is 21.1. The summed E-state index contributed by atoms with van der Waals surface area (Å²) in [6, 6.07) is 7.34. The van der Waals surface area contributed by atoms with Gasteiger partial charge in [-0.1, -0.05) is 17.7 Å². The fourth-order valence-corrected chi connectivity index (χ4v) is 2.02. The number of rotatable bonds is 2. The summed E-state index contributed by atoms with van der Waals surface area (Å²) in [5.41, 5.74) is 6.43. The van der Waals surface area contributed by atoms with E-state index in [0.717, 1.165) is 5.69 Å². The average Bonchev–Trinajstić information content (AvgIpc) is 2.60. The van der Waals surface area contributed by atoms with E-state index in [9.17, 15) is 4.79 Å². The Labute approximate surface area is 93.8 Å². The summed E-state index contributed by atoms with van der Waals surface area (Å²) >= 11 is 5.88. The van der Waals surface area contributed by atoms with Crippen molar-refractivity contribution >= 4 is 23.2 Å². The smallest absolute Gasteiger partial charge is 0.227 e. The first kappa shape index (κ1) is 10.5. The topological polar surface area (TPSA) is 46.3 Å². The number of hydrogen-bond donors (Lipinski definition) is 1. The van der Waals surface area contributed by atoms with Crippen molar-refractivity contribution in [2.45, 2.75) is 6.42 Å². The minimum Gasteiger partial charge on any atom is -0.330 e. The molecular formula is C11H13ClN2O. The number of carbonyl (C=O) groups is 1. The molecule has 1 fully saturated rings. The predicted molar refractivity (Wildman–Crippen MR) is 61.0 cm³/mol. The van der Waals surface area contributed by atoms with Crippen LogP contribution in [0.2, 0.25) is 5.02 Å². The molecule has 1 aliphatic heterocycles. The lowest BCUT2D eigenvalue weighted by atomic mass is 10.1. The molecule has 1 amide bonds. The maximum absolute atomic E-state index is 11.7. The van der Waals surface area contributed by atoms with E-state index in [1.54, 1.807) is 17.0 Å². The van der Waals surface area contributed by atoms with Crippen molar-refractivity contribution in [3.05, 3.63) is 29.3 Å². The molecule has 1 atom stereocenters. The van der Waals surface area contributed by atoms with E-state index in [4.69, 9.17) is 17.3 Å². The Bertz CT molecular complexity index is 381. The molecule has 1 aromatic rings. The van der Waals surface area contributed by atoms with Gasteiger partial charge in [0.05, 0.1) is 0 Å². The summed E-state index contributed by atoms with van der Waals surface area (Å²) in [6.45, 7) is 1.26. The molecule has 0 bridgehead atoms. The van der Waals surface area contributed by atoms with Crippen LogP contribution in [0.1, 0.15) is 6.42 Å². The van der Waals surface area contributed by atoms with Gasteiger partial charge < -0.3 is 10.6 Å². The molecule has 15 heavy (non-hydrogen) atoms. The molecule has 80 valence electrons. The lowest BCUT2D eigenvalue weighted by Gasteiger charge is -2.16. The van der Waals surface area contributed by atoms with Crippen LogP contribution in [0, 0.1) is 5.92 Å². The summed E-state index contributed by atoms with van der Waals surface area (Å²) in [5.74, 6) is 0.407. The highest BCUT2D eigenvalue weighted by molar-refractivity contribution is 6.30. The lowest BCUT2D eigenvalue weighted by molar-refractivity contribution is -0.117. The van der Waals surface area contributed by atoms with Gasteiger partial charge in [0.25, 0.3) is 0 Å². The molecule has 2 rings (SSSR count). The minimum absolute atomic E-state index is 0.132. The highest BCUT2D eigenvalue weighted by Gasteiger charge is 2.29. The first-order valence-electron chi connectivity index (χ1n) is 4.96. The molecule has 0 saturated carbocycles. The largest absolute Gasteiger partial charge is 0.330 e. The molecule has 2 N–H and O–H groups in total. The third-order valence-corrected chi connectivity index (χ3v) is 2.89. The Morgan fingerprint density at radius 1 is 1.53 bits per heavy atom. The Morgan fingerprint density at radius 3 is 2.93 bits per heavy atom. The molecule has 3 nitrogen and oxygen atoms in total. The summed E-state index contributed by atoms with van der Waals surface area (Å²) in [5, 5.41) is 0.650.